The van der Waals surface area contributed by atoms with E-state index in [2.05, 4.69) is 30.4 Å². The summed E-state index contributed by atoms with van der Waals surface area (Å²) in [4.78, 5) is 0. The molecule has 1 heteroatoms. The van der Waals surface area contributed by atoms with Gasteiger partial charge in [-0.3, -0.25) is 0 Å². The van der Waals surface area contributed by atoms with Gasteiger partial charge in [0, 0.05) is 0 Å². The number of aryl methyl sites for hydroxylation is 1. The summed E-state index contributed by atoms with van der Waals surface area (Å²) in [6.45, 7) is 0. The monoisotopic (exact) mass is 252 g/mol. The number of fused-ring (bicyclic) bond motifs is 5. The molecule has 0 bridgehead atoms. The van der Waals surface area contributed by atoms with Crippen molar-refractivity contribution in [1.29, 1.82) is 0 Å². The molecule has 96 valence electrons. The van der Waals surface area contributed by atoms with E-state index < -0.39 is 6.17 Å². The third kappa shape index (κ3) is 1.64. The number of hydrogen-bond acceptors (Lipinski definition) is 0. The highest BCUT2D eigenvalue weighted by atomic mass is 19.1. The number of alkyl halides is 1. The minimum Gasteiger partial charge on any atom is -0.242 e. The molecule has 0 radical (unpaired) electrons. The van der Waals surface area contributed by atoms with Crippen molar-refractivity contribution in [3.05, 3.63) is 45.8 Å². The molecule has 0 heterocycles. The van der Waals surface area contributed by atoms with Crippen molar-refractivity contribution in [1.82, 2.24) is 0 Å². The van der Waals surface area contributed by atoms with Gasteiger partial charge in [0.1, 0.15) is 6.17 Å². The molecule has 0 aliphatic heterocycles. The second-order valence-corrected chi connectivity index (χ2v) is 5.64. The van der Waals surface area contributed by atoms with Crippen LogP contribution < -0.4 is 10.4 Å². The van der Waals surface area contributed by atoms with Gasteiger partial charge in [0.15, 0.2) is 0 Å². The molecular weight excluding hydrogens is 235 g/mol. The molecule has 4 rings (SSSR count). The predicted molar refractivity (Wildman–Crippen MR) is 78.1 cm³/mol. The Bertz CT molecular complexity index is 770. The topological polar surface area (TPSA) is 0 Å². The van der Waals surface area contributed by atoms with E-state index in [9.17, 15) is 4.39 Å². The minimum absolute atomic E-state index is 0.684. The third-order valence-corrected chi connectivity index (χ3v) is 4.53. The Labute approximate surface area is 112 Å². The van der Waals surface area contributed by atoms with Crippen LogP contribution in [0.25, 0.3) is 22.9 Å². The summed E-state index contributed by atoms with van der Waals surface area (Å²) in [5, 5.41) is 5.27. The number of hydrogen-bond donors (Lipinski definition) is 0. The molecule has 1 atom stereocenters. The quantitative estimate of drug-likeness (QED) is 0.672. The Morgan fingerprint density at radius 2 is 1.79 bits per heavy atom. The summed E-state index contributed by atoms with van der Waals surface area (Å²) in [6, 6.07) is 8.54. The van der Waals surface area contributed by atoms with E-state index in [1.54, 1.807) is 0 Å². The first-order valence-corrected chi connectivity index (χ1v) is 7.23. The van der Waals surface area contributed by atoms with E-state index in [0.29, 0.717) is 6.42 Å². The zero-order valence-electron chi connectivity index (χ0n) is 11.0. The molecule has 0 fully saturated rings. The predicted octanol–water partition coefficient (Wildman–Crippen LogP) is 3.54. The number of rotatable bonds is 0. The fraction of sp³-hybridized carbons (Fsp3) is 0.333. The fourth-order valence-corrected chi connectivity index (χ4v) is 3.58. The van der Waals surface area contributed by atoms with Crippen molar-refractivity contribution in [2.75, 3.05) is 0 Å². The number of benzene rings is 2. The van der Waals surface area contributed by atoms with Crippen LogP contribution >= 0.6 is 0 Å². The molecule has 19 heavy (non-hydrogen) atoms. The second-order valence-electron chi connectivity index (χ2n) is 5.64. The lowest BCUT2D eigenvalue weighted by Crippen LogP contribution is -2.27. The van der Waals surface area contributed by atoms with Gasteiger partial charge in [-0.25, -0.2) is 4.39 Å². The van der Waals surface area contributed by atoms with E-state index in [0.717, 1.165) is 31.2 Å². The Hall–Kier alpha value is -1.63. The van der Waals surface area contributed by atoms with Crippen LogP contribution in [0.4, 0.5) is 4.39 Å². The average molecular weight is 252 g/mol. The van der Waals surface area contributed by atoms with Crippen molar-refractivity contribution >= 4 is 22.9 Å². The molecule has 0 saturated heterocycles. The normalized spacial score (nSPS) is 21.2. The smallest absolute Gasteiger partial charge is 0.125 e. The van der Waals surface area contributed by atoms with Crippen molar-refractivity contribution in [2.24, 2.45) is 0 Å². The minimum atomic E-state index is -0.764. The van der Waals surface area contributed by atoms with Gasteiger partial charge in [0.2, 0.25) is 0 Å². The standard InChI is InChI=1S/C18H17F/c19-18-7-3-6-14-16-9-8-12-4-1-2-5-13(12)15(16)10-11-17(14)18/h4-5,8-11,18H,1-3,6-7H2. The molecule has 2 aromatic carbocycles. The highest BCUT2D eigenvalue weighted by Crippen LogP contribution is 2.35. The van der Waals surface area contributed by atoms with Crippen LogP contribution in [0.1, 0.15) is 43.0 Å². The van der Waals surface area contributed by atoms with E-state index in [1.807, 2.05) is 6.07 Å². The lowest BCUT2D eigenvalue weighted by atomic mass is 9.85. The zero-order chi connectivity index (χ0) is 12.8. The van der Waals surface area contributed by atoms with Gasteiger partial charge < -0.3 is 0 Å². The SMILES string of the molecule is FC1CCCc2c1ccc1c3c(ccc21)=CCCC=3. The highest BCUT2D eigenvalue weighted by molar-refractivity contribution is 5.88. The maximum Gasteiger partial charge on any atom is 0.125 e. The van der Waals surface area contributed by atoms with Gasteiger partial charge in [-0.2, -0.15) is 0 Å². The Morgan fingerprint density at radius 1 is 0.947 bits per heavy atom. The lowest BCUT2D eigenvalue weighted by Gasteiger charge is -2.21. The van der Waals surface area contributed by atoms with Crippen molar-refractivity contribution in [2.45, 2.75) is 38.3 Å². The van der Waals surface area contributed by atoms with Crippen LogP contribution in [0.3, 0.4) is 0 Å². The molecule has 2 aliphatic carbocycles. The maximum atomic E-state index is 14.0. The largest absolute Gasteiger partial charge is 0.242 e. The van der Waals surface area contributed by atoms with Gasteiger partial charge in [0.25, 0.3) is 0 Å². The third-order valence-electron chi connectivity index (χ3n) is 4.53. The van der Waals surface area contributed by atoms with Crippen LogP contribution in [0.5, 0.6) is 0 Å². The fourth-order valence-electron chi connectivity index (χ4n) is 3.58. The molecule has 2 aliphatic rings. The van der Waals surface area contributed by atoms with E-state index in [-0.39, 0.29) is 0 Å². The molecule has 0 amide bonds. The van der Waals surface area contributed by atoms with Gasteiger partial charge >= 0.3 is 0 Å². The molecule has 0 saturated carbocycles. The van der Waals surface area contributed by atoms with Crippen molar-refractivity contribution in [3.8, 4) is 0 Å². The summed E-state index contributed by atoms with van der Waals surface area (Å²) in [6.07, 6.45) is 8.82. The van der Waals surface area contributed by atoms with Crippen LogP contribution in [0.2, 0.25) is 0 Å². The molecule has 0 spiro atoms. The van der Waals surface area contributed by atoms with E-state index in [4.69, 9.17) is 0 Å². The highest BCUT2D eigenvalue weighted by Gasteiger charge is 2.21. The first kappa shape index (κ1) is 11.2. The number of halogens is 1. The van der Waals surface area contributed by atoms with Crippen molar-refractivity contribution < 1.29 is 4.39 Å². The van der Waals surface area contributed by atoms with Gasteiger partial charge in [-0.15, -0.1) is 0 Å². The molecular formula is C18H17F. The Morgan fingerprint density at radius 3 is 2.74 bits per heavy atom. The van der Waals surface area contributed by atoms with Crippen LogP contribution in [0, 0.1) is 0 Å². The van der Waals surface area contributed by atoms with Gasteiger partial charge in [-0.1, -0.05) is 36.4 Å². The van der Waals surface area contributed by atoms with Crippen molar-refractivity contribution in [3.63, 3.8) is 0 Å². The van der Waals surface area contributed by atoms with Crippen LogP contribution in [0.15, 0.2) is 24.3 Å². The van der Waals surface area contributed by atoms with Crippen LogP contribution in [-0.4, -0.2) is 0 Å². The first-order valence-electron chi connectivity index (χ1n) is 7.23. The summed E-state index contributed by atoms with van der Waals surface area (Å²) in [7, 11) is 0. The summed E-state index contributed by atoms with van der Waals surface area (Å²) in [5.41, 5.74) is 2.18. The molecule has 1 unspecified atom stereocenters. The Balaban J connectivity index is 2.12. The van der Waals surface area contributed by atoms with E-state index >= 15 is 0 Å². The maximum absolute atomic E-state index is 14.0. The molecule has 0 aromatic heterocycles. The summed E-state index contributed by atoms with van der Waals surface area (Å²) < 4.78 is 14.0. The second kappa shape index (κ2) is 4.19. The lowest BCUT2D eigenvalue weighted by molar-refractivity contribution is 0.303. The van der Waals surface area contributed by atoms with Gasteiger partial charge in [-0.05, 0) is 64.4 Å². The van der Waals surface area contributed by atoms with E-state index in [1.165, 1.54) is 26.8 Å². The summed E-state index contributed by atoms with van der Waals surface area (Å²) >= 11 is 0. The van der Waals surface area contributed by atoms with Crippen LogP contribution in [-0.2, 0) is 6.42 Å². The van der Waals surface area contributed by atoms with Gasteiger partial charge in [0.05, 0.1) is 0 Å². The first-order chi connectivity index (χ1) is 9.34. The average Bonchev–Trinajstić information content (AvgIpc) is 2.47. The Kier molecular flexibility index (Phi) is 2.48. The molecule has 2 aromatic rings. The zero-order valence-corrected chi connectivity index (χ0v) is 11.0. The molecule has 0 N–H and O–H groups in total. The summed E-state index contributed by atoms with van der Waals surface area (Å²) in [5.74, 6) is 0. The molecule has 0 nitrogen and oxygen atoms in total.